The molecule has 0 aromatic heterocycles. The second-order valence-electron chi connectivity index (χ2n) is 3.06. The summed E-state index contributed by atoms with van der Waals surface area (Å²) in [7, 11) is 0. The summed E-state index contributed by atoms with van der Waals surface area (Å²) in [6.45, 7) is 1.70. The van der Waals surface area contributed by atoms with Crippen molar-refractivity contribution in [3.63, 3.8) is 0 Å². The van der Waals surface area contributed by atoms with E-state index in [1.165, 1.54) is 6.07 Å². The molecule has 0 aliphatic carbocycles. The summed E-state index contributed by atoms with van der Waals surface area (Å²) in [6.07, 6.45) is -4.82. The van der Waals surface area contributed by atoms with Gasteiger partial charge in [0.2, 0.25) is 0 Å². The molecule has 1 aromatic rings. The van der Waals surface area contributed by atoms with Crippen LogP contribution in [0.25, 0.3) is 0 Å². The molecule has 0 aliphatic heterocycles. The minimum Gasteiger partial charge on any atom is -0.207 e. The second kappa shape index (κ2) is 3.98. The van der Waals surface area contributed by atoms with Crippen LogP contribution in [-0.2, 0) is 12.8 Å². The Bertz CT molecular complexity index is 314. The quantitative estimate of drug-likeness (QED) is 0.650. The van der Waals surface area contributed by atoms with Crippen LogP contribution in [0, 0.1) is 5.82 Å². The van der Waals surface area contributed by atoms with Gasteiger partial charge >= 0.3 is 6.18 Å². The maximum atomic E-state index is 12.7. The minimum absolute atomic E-state index is 0.154. The lowest BCUT2D eigenvalue weighted by atomic mass is 10.0. The van der Waals surface area contributed by atoms with E-state index in [0.717, 1.165) is 12.1 Å². The SMILES string of the molecule is CCc1cc(F)ccc1CC(F)(F)F. The van der Waals surface area contributed by atoms with Crippen LogP contribution in [0.15, 0.2) is 18.2 Å². The van der Waals surface area contributed by atoms with Crippen molar-refractivity contribution in [3.8, 4) is 0 Å². The van der Waals surface area contributed by atoms with Crippen LogP contribution in [0.2, 0.25) is 0 Å². The van der Waals surface area contributed by atoms with Gasteiger partial charge in [-0.15, -0.1) is 0 Å². The first-order valence-electron chi connectivity index (χ1n) is 4.26. The summed E-state index contributed by atoms with van der Waals surface area (Å²) < 4.78 is 48.9. The van der Waals surface area contributed by atoms with Crippen molar-refractivity contribution in [2.24, 2.45) is 0 Å². The Morgan fingerprint density at radius 3 is 2.29 bits per heavy atom. The Morgan fingerprint density at radius 2 is 1.79 bits per heavy atom. The Hall–Kier alpha value is -1.06. The van der Waals surface area contributed by atoms with E-state index in [2.05, 4.69) is 0 Å². The van der Waals surface area contributed by atoms with Crippen molar-refractivity contribution < 1.29 is 17.6 Å². The van der Waals surface area contributed by atoms with Crippen molar-refractivity contribution in [1.82, 2.24) is 0 Å². The van der Waals surface area contributed by atoms with Gasteiger partial charge in [0.05, 0.1) is 6.42 Å². The predicted octanol–water partition coefficient (Wildman–Crippen LogP) is 3.49. The molecule has 0 aliphatic rings. The van der Waals surface area contributed by atoms with Crippen molar-refractivity contribution in [1.29, 1.82) is 0 Å². The molecule has 0 saturated carbocycles. The molecule has 0 fully saturated rings. The highest BCUT2D eigenvalue weighted by Crippen LogP contribution is 2.24. The first kappa shape index (κ1) is 11.0. The molecule has 0 unspecified atom stereocenters. The third-order valence-electron chi connectivity index (χ3n) is 1.94. The molecule has 1 rings (SSSR count). The van der Waals surface area contributed by atoms with Gasteiger partial charge in [-0.05, 0) is 29.7 Å². The van der Waals surface area contributed by atoms with Gasteiger partial charge in [0, 0.05) is 0 Å². The standard InChI is InChI=1S/C10H10F4/c1-2-7-5-9(11)4-3-8(7)6-10(12,13)14/h3-5H,2,6H2,1H3. The molecule has 0 N–H and O–H groups in total. The van der Waals surface area contributed by atoms with Crippen LogP contribution in [0.4, 0.5) is 17.6 Å². The zero-order valence-electron chi connectivity index (χ0n) is 7.66. The van der Waals surface area contributed by atoms with E-state index in [1.54, 1.807) is 6.92 Å². The first-order valence-corrected chi connectivity index (χ1v) is 4.26. The molecule has 1 aromatic carbocycles. The molecule has 0 atom stereocenters. The molecular weight excluding hydrogens is 196 g/mol. The molecule has 0 nitrogen and oxygen atoms in total. The third-order valence-corrected chi connectivity index (χ3v) is 1.94. The minimum atomic E-state index is -4.23. The number of rotatable bonds is 2. The largest absolute Gasteiger partial charge is 0.393 e. The lowest BCUT2D eigenvalue weighted by Crippen LogP contribution is -2.13. The fraction of sp³-hybridized carbons (Fsp3) is 0.400. The molecule has 0 radical (unpaired) electrons. The van der Waals surface area contributed by atoms with Gasteiger partial charge < -0.3 is 0 Å². The summed E-state index contributed by atoms with van der Waals surface area (Å²) in [5.41, 5.74) is 0.573. The topological polar surface area (TPSA) is 0 Å². The molecule has 0 saturated heterocycles. The number of hydrogen-bond donors (Lipinski definition) is 0. The molecule has 0 heterocycles. The highest BCUT2D eigenvalue weighted by atomic mass is 19.4. The lowest BCUT2D eigenvalue weighted by Gasteiger charge is -2.10. The van der Waals surface area contributed by atoms with Crippen LogP contribution in [0.5, 0.6) is 0 Å². The number of hydrogen-bond acceptors (Lipinski definition) is 0. The average Bonchev–Trinajstić information content (AvgIpc) is 2.06. The average molecular weight is 206 g/mol. The molecule has 14 heavy (non-hydrogen) atoms. The third kappa shape index (κ3) is 3.01. The van der Waals surface area contributed by atoms with E-state index in [9.17, 15) is 17.6 Å². The number of benzene rings is 1. The number of alkyl halides is 3. The van der Waals surface area contributed by atoms with Crippen molar-refractivity contribution in [3.05, 3.63) is 35.1 Å². The van der Waals surface area contributed by atoms with Gasteiger partial charge in [-0.3, -0.25) is 0 Å². The van der Waals surface area contributed by atoms with E-state index < -0.39 is 18.4 Å². The van der Waals surface area contributed by atoms with Crippen molar-refractivity contribution >= 4 is 0 Å². The smallest absolute Gasteiger partial charge is 0.207 e. The summed E-state index contributed by atoms with van der Waals surface area (Å²) in [6, 6.07) is 3.41. The molecule has 0 amide bonds. The number of aryl methyl sites for hydroxylation is 1. The van der Waals surface area contributed by atoms with E-state index in [4.69, 9.17) is 0 Å². The Labute approximate surface area is 79.6 Å². The van der Waals surface area contributed by atoms with Crippen LogP contribution in [0.1, 0.15) is 18.1 Å². The normalized spacial score (nSPS) is 11.8. The van der Waals surface area contributed by atoms with Crippen molar-refractivity contribution in [2.45, 2.75) is 25.9 Å². The summed E-state index contributed by atoms with van der Waals surface area (Å²) in [5, 5.41) is 0. The molecule has 0 spiro atoms. The van der Waals surface area contributed by atoms with Crippen LogP contribution in [0.3, 0.4) is 0 Å². The van der Waals surface area contributed by atoms with Crippen LogP contribution in [-0.4, -0.2) is 6.18 Å². The summed E-state index contributed by atoms with van der Waals surface area (Å²) in [4.78, 5) is 0. The lowest BCUT2D eigenvalue weighted by molar-refractivity contribution is -0.127. The Balaban J connectivity index is 2.97. The van der Waals surface area contributed by atoms with Crippen LogP contribution >= 0.6 is 0 Å². The van der Waals surface area contributed by atoms with Gasteiger partial charge in [-0.2, -0.15) is 13.2 Å². The summed E-state index contributed by atoms with van der Waals surface area (Å²) in [5.74, 6) is -0.493. The Kier molecular flexibility index (Phi) is 3.13. The molecular formula is C10H10F4. The van der Waals surface area contributed by atoms with E-state index in [1.807, 2.05) is 0 Å². The predicted molar refractivity (Wildman–Crippen MR) is 45.5 cm³/mol. The summed E-state index contributed by atoms with van der Waals surface area (Å²) >= 11 is 0. The van der Waals surface area contributed by atoms with E-state index in [-0.39, 0.29) is 5.56 Å². The Morgan fingerprint density at radius 1 is 1.14 bits per heavy atom. The van der Waals surface area contributed by atoms with Crippen molar-refractivity contribution in [2.75, 3.05) is 0 Å². The van der Waals surface area contributed by atoms with Gasteiger partial charge in [-0.25, -0.2) is 4.39 Å². The highest BCUT2D eigenvalue weighted by Gasteiger charge is 2.28. The fourth-order valence-electron chi connectivity index (χ4n) is 1.31. The highest BCUT2D eigenvalue weighted by molar-refractivity contribution is 5.28. The van der Waals surface area contributed by atoms with Gasteiger partial charge in [-0.1, -0.05) is 13.0 Å². The monoisotopic (exact) mass is 206 g/mol. The fourth-order valence-corrected chi connectivity index (χ4v) is 1.31. The number of halogens is 4. The van der Waals surface area contributed by atoms with Gasteiger partial charge in [0.15, 0.2) is 0 Å². The van der Waals surface area contributed by atoms with Gasteiger partial charge in [0.25, 0.3) is 0 Å². The second-order valence-corrected chi connectivity index (χ2v) is 3.06. The van der Waals surface area contributed by atoms with E-state index >= 15 is 0 Å². The van der Waals surface area contributed by atoms with Crippen LogP contribution < -0.4 is 0 Å². The first-order chi connectivity index (χ1) is 6.42. The molecule has 0 bridgehead atoms. The zero-order valence-corrected chi connectivity index (χ0v) is 7.66. The zero-order chi connectivity index (χ0) is 10.8. The molecule has 78 valence electrons. The maximum Gasteiger partial charge on any atom is 0.393 e. The maximum absolute atomic E-state index is 12.7. The van der Waals surface area contributed by atoms with E-state index in [0.29, 0.717) is 12.0 Å². The van der Waals surface area contributed by atoms with Gasteiger partial charge in [0.1, 0.15) is 5.82 Å². The molecule has 4 heteroatoms.